The van der Waals surface area contributed by atoms with E-state index in [0.717, 1.165) is 6.92 Å². The number of anilines is 1. The topological polar surface area (TPSA) is 54.0 Å². The highest BCUT2D eigenvalue weighted by molar-refractivity contribution is 5.88. The number of aryl methyl sites for hydroxylation is 1. The fourth-order valence-corrected chi connectivity index (χ4v) is 1.04. The van der Waals surface area contributed by atoms with Crippen molar-refractivity contribution in [2.24, 2.45) is 0 Å². The van der Waals surface area contributed by atoms with Crippen molar-refractivity contribution in [2.45, 2.75) is 26.1 Å². The summed E-state index contributed by atoms with van der Waals surface area (Å²) in [7, 11) is 0. The maximum Gasteiger partial charge on any atom is 0.408 e. The van der Waals surface area contributed by atoms with Crippen molar-refractivity contribution in [3.63, 3.8) is 0 Å². The zero-order valence-corrected chi connectivity index (χ0v) is 9.30. The van der Waals surface area contributed by atoms with Gasteiger partial charge in [0, 0.05) is 5.69 Å². The van der Waals surface area contributed by atoms with E-state index in [1.54, 1.807) is 24.4 Å². The second kappa shape index (κ2) is 5.03. The van der Waals surface area contributed by atoms with Crippen LogP contribution in [0.15, 0.2) is 18.2 Å². The highest BCUT2D eigenvalue weighted by Crippen LogP contribution is 2.19. The van der Waals surface area contributed by atoms with E-state index < -0.39 is 18.2 Å². The number of nitrogens with zero attached hydrogens (tertiary/aromatic N) is 1. The molecule has 0 bridgehead atoms. The molecule has 0 fully saturated rings. The van der Waals surface area contributed by atoms with Crippen LogP contribution >= 0.6 is 0 Å². The van der Waals surface area contributed by atoms with Crippen molar-refractivity contribution in [2.75, 3.05) is 5.32 Å². The standard InChI is InChI=1S/C10H12F3N3O/c1-6-4-3-5-8(14-6)16-9(17)15-7(2)10(11,12)13/h3-5,7H,1-2H3,(H2,14,15,16,17). The fraction of sp³-hybridized carbons (Fsp3) is 0.400. The van der Waals surface area contributed by atoms with Gasteiger partial charge in [0.05, 0.1) is 0 Å². The number of urea groups is 1. The fourth-order valence-electron chi connectivity index (χ4n) is 1.04. The summed E-state index contributed by atoms with van der Waals surface area (Å²) in [5.41, 5.74) is 0.659. The third-order valence-electron chi connectivity index (χ3n) is 1.97. The lowest BCUT2D eigenvalue weighted by Gasteiger charge is -2.17. The predicted molar refractivity (Wildman–Crippen MR) is 56.6 cm³/mol. The maximum absolute atomic E-state index is 12.2. The highest BCUT2D eigenvalue weighted by atomic mass is 19.4. The Labute approximate surface area is 96.2 Å². The SMILES string of the molecule is Cc1cccc(NC(=O)NC(C)C(F)(F)F)n1. The molecule has 2 amide bonds. The number of aromatic nitrogens is 1. The molecule has 0 spiro atoms. The van der Waals surface area contributed by atoms with Crippen LogP contribution in [0.4, 0.5) is 23.8 Å². The van der Waals surface area contributed by atoms with Gasteiger partial charge in [-0.05, 0) is 26.0 Å². The van der Waals surface area contributed by atoms with Gasteiger partial charge in [-0.15, -0.1) is 0 Å². The lowest BCUT2D eigenvalue weighted by molar-refractivity contribution is -0.148. The number of amides is 2. The van der Waals surface area contributed by atoms with Crippen LogP contribution in [-0.2, 0) is 0 Å². The lowest BCUT2D eigenvalue weighted by Crippen LogP contribution is -2.45. The smallest absolute Gasteiger partial charge is 0.326 e. The number of hydrogen-bond acceptors (Lipinski definition) is 2. The second-order valence-electron chi connectivity index (χ2n) is 3.53. The first kappa shape index (κ1) is 13.3. The van der Waals surface area contributed by atoms with Crippen molar-refractivity contribution >= 4 is 11.8 Å². The zero-order valence-electron chi connectivity index (χ0n) is 9.30. The molecule has 0 aliphatic heterocycles. The molecule has 0 aromatic carbocycles. The van der Waals surface area contributed by atoms with E-state index in [2.05, 4.69) is 10.3 Å². The van der Waals surface area contributed by atoms with E-state index in [4.69, 9.17) is 0 Å². The first-order valence-corrected chi connectivity index (χ1v) is 4.87. The van der Waals surface area contributed by atoms with Gasteiger partial charge in [0.2, 0.25) is 0 Å². The van der Waals surface area contributed by atoms with E-state index in [1.807, 2.05) is 0 Å². The lowest BCUT2D eigenvalue weighted by atomic mass is 10.3. The Morgan fingerprint density at radius 3 is 2.59 bits per heavy atom. The molecular formula is C10H12F3N3O. The van der Waals surface area contributed by atoms with Crippen molar-refractivity contribution in [1.29, 1.82) is 0 Å². The van der Waals surface area contributed by atoms with Gasteiger partial charge < -0.3 is 5.32 Å². The largest absolute Gasteiger partial charge is 0.408 e. The Balaban J connectivity index is 2.56. The first-order chi connectivity index (χ1) is 7.79. The van der Waals surface area contributed by atoms with Crippen molar-refractivity contribution in [1.82, 2.24) is 10.3 Å². The number of rotatable bonds is 2. The average Bonchev–Trinajstić information content (AvgIpc) is 2.15. The summed E-state index contributed by atoms with van der Waals surface area (Å²) in [6.45, 7) is 2.57. The van der Waals surface area contributed by atoms with Crippen molar-refractivity contribution < 1.29 is 18.0 Å². The molecule has 0 radical (unpaired) electrons. The first-order valence-electron chi connectivity index (χ1n) is 4.87. The molecule has 1 unspecified atom stereocenters. The summed E-state index contributed by atoms with van der Waals surface area (Å²) >= 11 is 0. The quantitative estimate of drug-likeness (QED) is 0.843. The van der Waals surface area contributed by atoms with E-state index in [0.29, 0.717) is 5.69 Å². The molecule has 17 heavy (non-hydrogen) atoms. The van der Waals surface area contributed by atoms with Gasteiger partial charge in [-0.1, -0.05) is 6.07 Å². The number of carbonyl (C=O) groups excluding carboxylic acids is 1. The number of carbonyl (C=O) groups is 1. The molecule has 1 aromatic heterocycles. The van der Waals surface area contributed by atoms with Crippen LogP contribution in [0.25, 0.3) is 0 Å². The molecule has 7 heteroatoms. The molecule has 0 saturated heterocycles. The maximum atomic E-state index is 12.2. The molecule has 2 N–H and O–H groups in total. The Hall–Kier alpha value is -1.79. The van der Waals surface area contributed by atoms with Crippen LogP contribution in [0.2, 0.25) is 0 Å². The van der Waals surface area contributed by atoms with Gasteiger partial charge in [-0.3, -0.25) is 5.32 Å². The van der Waals surface area contributed by atoms with E-state index in [9.17, 15) is 18.0 Å². The zero-order chi connectivity index (χ0) is 13.1. The van der Waals surface area contributed by atoms with Crippen LogP contribution in [0, 0.1) is 6.92 Å². The van der Waals surface area contributed by atoms with Gasteiger partial charge in [-0.25, -0.2) is 9.78 Å². The Morgan fingerprint density at radius 2 is 2.06 bits per heavy atom. The molecular weight excluding hydrogens is 235 g/mol. The minimum absolute atomic E-state index is 0.205. The molecule has 94 valence electrons. The van der Waals surface area contributed by atoms with Crippen LogP contribution in [0.3, 0.4) is 0 Å². The molecule has 0 aliphatic carbocycles. The summed E-state index contributed by atoms with van der Waals surface area (Å²) in [5.74, 6) is 0.205. The molecule has 1 aromatic rings. The summed E-state index contributed by atoms with van der Waals surface area (Å²) in [6, 6.07) is 2.00. The van der Waals surface area contributed by atoms with Gasteiger partial charge in [0.1, 0.15) is 11.9 Å². The molecule has 1 atom stereocenters. The monoisotopic (exact) mass is 247 g/mol. The Kier molecular flexibility index (Phi) is 3.93. The number of hydrogen-bond donors (Lipinski definition) is 2. The third kappa shape index (κ3) is 4.29. The van der Waals surface area contributed by atoms with Gasteiger partial charge in [0.25, 0.3) is 0 Å². The average molecular weight is 247 g/mol. The van der Waals surface area contributed by atoms with Gasteiger partial charge in [0.15, 0.2) is 0 Å². The number of halogens is 3. The third-order valence-corrected chi connectivity index (χ3v) is 1.97. The van der Waals surface area contributed by atoms with E-state index >= 15 is 0 Å². The molecule has 4 nitrogen and oxygen atoms in total. The van der Waals surface area contributed by atoms with Crippen LogP contribution in [-0.4, -0.2) is 23.2 Å². The molecule has 1 rings (SSSR count). The van der Waals surface area contributed by atoms with Crippen LogP contribution in [0.5, 0.6) is 0 Å². The predicted octanol–water partition coefficient (Wildman–Crippen LogP) is 2.46. The summed E-state index contributed by atoms with van der Waals surface area (Å²) in [5, 5.41) is 4.00. The normalized spacial score (nSPS) is 13.0. The van der Waals surface area contributed by atoms with Crippen molar-refractivity contribution in [3.05, 3.63) is 23.9 Å². The Bertz CT molecular complexity index is 406. The van der Waals surface area contributed by atoms with E-state index in [-0.39, 0.29) is 5.82 Å². The number of nitrogens with one attached hydrogen (secondary N) is 2. The van der Waals surface area contributed by atoms with Crippen LogP contribution < -0.4 is 10.6 Å². The summed E-state index contributed by atoms with van der Waals surface area (Å²) in [6.07, 6.45) is -4.46. The minimum atomic E-state index is -4.46. The van der Waals surface area contributed by atoms with Gasteiger partial charge >= 0.3 is 12.2 Å². The number of pyridine rings is 1. The van der Waals surface area contributed by atoms with Crippen molar-refractivity contribution in [3.8, 4) is 0 Å². The van der Waals surface area contributed by atoms with E-state index in [1.165, 1.54) is 6.07 Å². The van der Waals surface area contributed by atoms with Gasteiger partial charge in [-0.2, -0.15) is 13.2 Å². The molecule has 1 heterocycles. The summed E-state index contributed by atoms with van der Waals surface area (Å²) in [4.78, 5) is 15.1. The Morgan fingerprint density at radius 1 is 1.41 bits per heavy atom. The summed E-state index contributed by atoms with van der Waals surface area (Å²) < 4.78 is 36.5. The molecule has 0 aliphatic rings. The highest BCUT2D eigenvalue weighted by Gasteiger charge is 2.36. The molecule has 0 saturated carbocycles. The minimum Gasteiger partial charge on any atom is -0.326 e. The van der Waals surface area contributed by atoms with Crippen LogP contribution in [0.1, 0.15) is 12.6 Å². The number of alkyl halides is 3. The second-order valence-corrected chi connectivity index (χ2v) is 3.53.